The number of primary amides is 1. The Balaban J connectivity index is 1.87. The molecule has 3 rings (SSSR count). The Hall–Kier alpha value is -3.72. The zero-order chi connectivity index (χ0) is 23.6. The number of nitrogens with two attached hydrogens (primary N) is 1. The van der Waals surface area contributed by atoms with E-state index in [9.17, 15) is 10.1 Å². The van der Waals surface area contributed by atoms with Gasteiger partial charge in [0.1, 0.15) is 5.82 Å². The Labute approximate surface area is 195 Å². The molecular weight excluding hydrogens is 412 g/mol. The molecule has 0 aliphatic rings. The van der Waals surface area contributed by atoms with Crippen molar-refractivity contribution in [2.75, 3.05) is 6.61 Å². The molecule has 1 amide bonds. The van der Waals surface area contributed by atoms with Gasteiger partial charge in [-0.1, -0.05) is 55.8 Å². The van der Waals surface area contributed by atoms with E-state index in [1.54, 1.807) is 0 Å². The van der Waals surface area contributed by atoms with E-state index in [-0.39, 0.29) is 12.3 Å². The topological polar surface area (TPSA) is 102 Å². The highest BCUT2D eigenvalue weighted by Crippen LogP contribution is 2.27. The van der Waals surface area contributed by atoms with Crippen molar-refractivity contribution in [1.82, 2.24) is 9.97 Å². The summed E-state index contributed by atoms with van der Waals surface area (Å²) in [6.45, 7) is 4.41. The van der Waals surface area contributed by atoms with E-state index < -0.39 is 0 Å². The van der Waals surface area contributed by atoms with Crippen LogP contribution >= 0.6 is 0 Å². The number of nitrogens with zero attached hydrogens (tertiary/aromatic N) is 3. The Morgan fingerprint density at radius 3 is 2.55 bits per heavy atom. The molecule has 0 saturated heterocycles. The minimum absolute atomic E-state index is 0.285. The number of carbonyl (C=O) groups excluding carboxylic acids is 1. The SMILES string of the molecule is CCCCc1nc(C)nc(OCCCC(N)=O)c1Cc1ccc(-c2ccccc2C#N)cc1. The number of carbonyl (C=O) groups is 1. The van der Waals surface area contributed by atoms with E-state index in [0.717, 1.165) is 47.2 Å². The van der Waals surface area contributed by atoms with Gasteiger partial charge in [-0.3, -0.25) is 4.79 Å². The van der Waals surface area contributed by atoms with E-state index in [1.165, 1.54) is 0 Å². The minimum Gasteiger partial charge on any atom is -0.477 e. The van der Waals surface area contributed by atoms with Crippen LogP contribution in [0.25, 0.3) is 11.1 Å². The molecule has 0 atom stereocenters. The second kappa shape index (κ2) is 11.8. The maximum atomic E-state index is 11.0. The number of aryl methyl sites for hydroxylation is 2. The first-order valence-electron chi connectivity index (χ1n) is 11.4. The van der Waals surface area contributed by atoms with Crippen molar-refractivity contribution >= 4 is 5.91 Å². The molecule has 2 N–H and O–H groups in total. The van der Waals surface area contributed by atoms with E-state index >= 15 is 0 Å². The quantitative estimate of drug-likeness (QED) is 0.426. The molecule has 6 heteroatoms. The van der Waals surface area contributed by atoms with E-state index in [4.69, 9.17) is 15.5 Å². The molecule has 0 saturated carbocycles. The summed E-state index contributed by atoms with van der Waals surface area (Å²) >= 11 is 0. The number of rotatable bonds is 11. The van der Waals surface area contributed by atoms with Crippen LogP contribution in [0.2, 0.25) is 0 Å². The number of hydrogen-bond donors (Lipinski definition) is 1. The highest BCUT2D eigenvalue weighted by molar-refractivity contribution is 5.73. The van der Waals surface area contributed by atoms with Crippen molar-refractivity contribution in [2.24, 2.45) is 5.73 Å². The molecule has 1 aromatic heterocycles. The average molecular weight is 443 g/mol. The van der Waals surface area contributed by atoms with Gasteiger partial charge in [0.05, 0.1) is 23.9 Å². The molecular formula is C27H30N4O2. The molecule has 0 aliphatic carbocycles. The second-order valence-electron chi connectivity index (χ2n) is 8.05. The predicted molar refractivity (Wildman–Crippen MR) is 129 cm³/mol. The highest BCUT2D eigenvalue weighted by atomic mass is 16.5. The van der Waals surface area contributed by atoms with Gasteiger partial charge in [0, 0.05) is 18.4 Å². The zero-order valence-electron chi connectivity index (χ0n) is 19.3. The summed E-state index contributed by atoms with van der Waals surface area (Å²) in [4.78, 5) is 20.3. The summed E-state index contributed by atoms with van der Waals surface area (Å²) in [6.07, 6.45) is 4.45. The fourth-order valence-electron chi connectivity index (χ4n) is 3.73. The third-order valence-electron chi connectivity index (χ3n) is 5.43. The standard InChI is InChI=1S/C27H30N4O2/c1-3-4-10-25-24(27(31-19(2)30-25)33-16-7-11-26(29)32)17-20-12-14-21(15-13-20)23-9-6-5-8-22(23)18-28/h5-6,8-9,12-15H,3-4,7,10-11,16-17H2,1-2H3,(H2,29,32). The smallest absolute Gasteiger partial charge is 0.220 e. The maximum absolute atomic E-state index is 11.0. The summed E-state index contributed by atoms with van der Waals surface area (Å²) in [5.74, 6) is 0.926. The summed E-state index contributed by atoms with van der Waals surface area (Å²) in [6, 6.07) is 18.1. The molecule has 3 aromatic rings. The lowest BCUT2D eigenvalue weighted by molar-refractivity contribution is -0.118. The number of nitriles is 1. The molecule has 0 fully saturated rings. The lowest BCUT2D eigenvalue weighted by atomic mass is 9.96. The number of unbranched alkanes of at least 4 members (excludes halogenated alkanes) is 1. The van der Waals surface area contributed by atoms with Crippen LogP contribution in [-0.2, 0) is 17.6 Å². The third-order valence-corrected chi connectivity index (χ3v) is 5.43. The molecule has 0 bridgehead atoms. The number of benzene rings is 2. The lowest BCUT2D eigenvalue weighted by Gasteiger charge is -2.15. The van der Waals surface area contributed by atoms with Gasteiger partial charge in [-0.25, -0.2) is 4.98 Å². The summed E-state index contributed by atoms with van der Waals surface area (Å²) in [5.41, 5.74) is 10.9. The Bertz CT molecular complexity index is 1130. The molecule has 0 spiro atoms. The van der Waals surface area contributed by atoms with Gasteiger partial charge in [0.15, 0.2) is 0 Å². The maximum Gasteiger partial charge on any atom is 0.220 e. The number of ether oxygens (including phenoxy) is 1. The van der Waals surface area contributed by atoms with Gasteiger partial charge >= 0.3 is 0 Å². The molecule has 33 heavy (non-hydrogen) atoms. The predicted octanol–water partition coefficient (Wildman–Crippen LogP) is 4.90. The average Bonchev–Trinajstić information content (AvgIpc) is 2.82. The van der Waals surface area contributed by atoms with Crippen LogP contribution in [0.3, 0.4) is 0 Å². The van der Waals surface area contributed by atoms with E-state index in [2.05, 4.69) is 30.1 Å². The summed E-state index contributed by atoms with van der Waals surface area (Å²) in [7, 11) is 0. The molecule has 2 aromatic carbocycles. The van der Waals surface area contributed by atoms with Crippen molar-refractivity contribution in [3.63, 3.8) is 0 Å². The van der Waals surface area contributed by atoms with Crippen molar-refractivity contribution in [3.05, 3.63) is 76.7 Å². The first kappa shape index (κ1) is 23.9. The first-order valence-corrected chi connectivity index (χ1v) is 11.4. The van der Waals surface area contributed by atoms with Crippen LogP contribution in [0, 0.1) is 18.3 Å². The van der Waals surface area contributed by atoms with Crippen molar-refractivity contribution in [1.29, 1.82) is 5.26 Å². The normalized spacial score (nSPS) is 10.6. The summed E-state index contributed by atoms with van der Waals surface area (Å²) < 4.78 is 5.99. The molecule has 0 radical (unpaired) electrons. The molecule has 6 nitrogen and oxygen atoms in total. The fraction of sp³-hybridized carbons (Fsp3) is 0.333. The largest absolute Gasteiger partial charge is 0.477 e. The monoisotopic (exact) mass is 442 g/mol. The van der Waals surface area contributed by atoms with E-state index in [1.807, 2.05) is 43.3 Å². The highest BCUT2D eigenvalue weighted by Gasteiger charge is 2.16. The minimum atomic E-state index is -0.334. The Morgan fingerprint density at radius 1 is 1.09 bits per heavy atom. The Kier molecular flexibility index (Phi) is 8.54. The van der Waals surface area contributed by atoms with Crippen LogP contribution in [0.15, 0.2) is 48.5 Å². The fourth-order valence-corrected chi connectivity index (χ4v) is 3.73. The van der Waals surface area contributed by atoms with Crippen molar-refractivity contribution < 1.29 is 9.53 Å². The number of aromatic nitrogens is 2. The Morgan fingerprint density at radius 2 is 1.85 bits per heavy atom. The second-order valence-corrected chi connectivity index (χ2v) is 8.05. The zero-order valence-corrected chi connectivity index (χ0v) is 19.3. The van der Waals surface area contributed by atoms with Gasteiger partial charge in [-0.2, -0.15) is 10.2 Å². The lowest BCUT2D eigenvalue weighted by Crippen LogP contribution is -2.13. The van der Waals surface area contributed by atoms with Gasteiger partial charge in [-0.15, -0.1) is 0 Å². The third kappa shape index (κ3) is 6.63. The summed E-state index contributed by atoms with van der Waals surface area (Å²) in [5, 5.41) is 9.40. The van der Waals surface area contributed by atoms with Crippen LogP contribution < -0.4 is 10.5 Å². The van der Waals surface area contributed by atoms with Crippen LogP contribution in [0.1, 0.15) is 60.8 Å². The molecule has 0 unspecified atom stereocenters. The molecule has 170 valence electrons. The number of hydrogen-bond acceptors (Lipinski definition) is 5. The van der Waals surface area contributed by atoms with Gasteiger partial charge in [0.25, 0.3) is 0 Å². The van der Waals surface area contributed by atoms with Crippen LogP contribution in [-0.4, -0.2) is 22.5 Å². The molecule has 1 heterocycles. The number of amides is 1. The van der Waals surface area contributed by atoms with Gasteiger partial charge < -0.3 is 10.5 Å². The molecule has 0 aliphatic heterocycles. The first-order chi connectivity index (χ1) is 16.0. The van der Waals surface area contributed by atoms with Gasteiger partial charge in [0.2, 0.25) is 11.8 Å². The van der Waals surface area contributed by atoms with E-state index in [0.29, 0.717) is 36.7 Å². The van der Waals surface area contributed by atoms with Crippen LogP contribution in [0.5, 0.6) is 5.88 Å². The van der Waals surface area contributed by atoms with Crippen molar-refractivity contribution in [3.8, 4) is 23.1 Å². The van der Waals surface area contributed by atoms with Gasteiger partial charge in [-0.05, 0) is 48.9 Å². The van der Waals surface area contributed by atoms with Crippen LogP contribution in [0.4, 0.5) is 0 Å². The van der Waals surface area contributed by atoms with Crippen molar-refractivity contribution in [2.45, 2.75) is 52.4 Å².